The molecule has 1 N–H and O–H groups in total. The van der Waals surface area contributed by atoms with E-state index in [-0.39, 0.29) is 22.7 Å². The van der Waals surface area contributed by atoms with Crippen molar-refractivity contribution in [3.05, 3.63) is 34.3 Å². The van der Waals surface area contributed by atoms with Gasteiger partial charge in [0.2, 0.25) is 0 Å². The molecule has 8 heteroatoms. The number of nitrogens with zero attached hydrogens (tertiary/aromatic N) is 2. The van der Waals surface area contributed by atoms with Crippen LogP contribution in [0.2, 0.25) is 0 Å². The second-order valence-electron chi connectivity index (χ2n) is 4.64. The number of halogens is 4. The minimum atomic E-state index is -4.99. The molecule has 1 aliphatic rings. The third-order valence-corrected chi connectivity index (χ3v) is 3.66. The van der Waals surface area contributed by atoms with E-state index in [1.807, 2.05) is 0 Å². The highest BCUT2D eigenvalue weighted by Crippen LogP contribution is 2.41. The van der Waals surface area contributed by atoms with Crippen LogP contribution in [0.1, 0.15) is 30.1 Å². The lowest BCUT2D eigenvalue weighted by Gasteiger charge is -2.32. The van der Waals surface area contributed by atoms with Crippen molar-refractivity contribution in [2.75, 3.05) is 0 Å². The van der Waals surface area contributed by atoms with E-state index >= 15 is 0 Å². The van der Waals surface area contributed by atoms with Gasteiger partial charge in [-0.05, 0) is 24.6 Å². The molecule has 2 rings (SSSR count). The van der Waals surface area contributed by atoms with Gasteiger partial charge >= 0.3 is 6.18 Å². The van der Waals surface area contributed by atoms with Gasteiger partial charge in [0.15, 0.2) is 0 Å². The highest BCUT2D eigenvalue weighted by atomic mass is 79.9. The maximum absolute atomic E-state index is 13.1. The van der Waals surface area contributed by atoms with Crippen LogP contribution >= 0.6 is 15.9 Å². The van der Waals surface area contributed by atoms with Crippen LogP contribution in [0.3, 0.4) is 0 Å². The van der Waals surface area contributed by atoms with E-state index in [0.717, 1.165) is 0 Å². The Morgan fingerprint density at radius 1 is 1.52 bits per heavy atom. The number of hydrogen-bond acceptors (Lipinski definition) is 3. The van der Waals surface area contributed by atoms with Gasteiger partial charge in [0, 0.05) is 22.2 Å². The number of alkyl halides is 3. The van der Waals surface area contributed by atoms with Crippen LogP contribution in [0.4, 0.5) is 13.2 Å². The predicted octanol–water partition coefficient (Wildman–Crippen LogP) is 3.31. The van der Waals surface area contributed by atoms with Gasteiger partial charge in [-0.15, -0.1) is 0 Å². The Labute approximate surface area is 127 Å². The normalized spacial score (nSPS) is 22.4. The van der Waals surface area contributed by atoms with Crippen molar-refractivity contribution >= 4 is 27.5 Å². The molecular formula is C13H12BrF3N2O2. The number of carbonyl (C=O) groups is 1. The average molecular weight is 365 g/mol. The van der Waals surface area contributed by atoms with E-state index in [1.54, 1.807) is 13.0 Å². The van der Waals surface area contributed by atoms with E-state index in [2.05, 4.69) is 21.0 Å². The van der Waals surface area contributed by atoms with E-state index in [9.17, 15) is 23.1 Å². The molecule has 1 aliphatic heterocycles. The summed E-state index contributed by atoms with van der Waals surface area (Å²) < 4.78 is 39.9. The largest absolute Gasteiger partial charge is 0.438 e. The molecule has 0 aliphatic carbocycles. The summed E-state index contributed by atoms with van der Waals surface area (Å²) in [5, 5.41) is 13.7. The number of amides is 1. The standard InChI is InChI=1S/C13H12BrF3N2O2/c1-2-10-7-12(21,13(15,16)17)19(18-10)11(20)8-4-3-5-9(14)6-8/h3-6,21H,2,7H2,1H3/t12-/m1/s1. The van der Waals surface area contributed by atoms with Gasteiger partial charge in [0.1, 0.15) is 0 Å². The van der Waals surface area contributed by atoms with Gasteiger partial charge in [0.25, 0.3) is 11.6 Å². The Bertz CT molecular complexity index is 603. The van der Waals surface area contributed by atoms with Crippen LogP contribution in [0.5, 0.6) is 0 Å². The molecule has 0 aromatic heterocycles. The van der Waals surface area contributed by atoms with Gasteiger partial charge < -0.3 is 5.11 Å². The fraction of sp³-hybridized carbons (Fsp3) is 0.385. The molecule has 0 saturated heterocycles. The SMILES string of the molecule is CCC1=NN(C(=O)c2cccc(Br)c2)[C@](O)(C(F)(F)F)C1. The first kappa shape index (κ1) is 16.0. The van der Waals surface area contributed by atoms with Crippen LogP contribution in [0.15, 0.2) is 33.8 Å². The maximum atomic E-state index is 13.1. The Morgan fingerprint density at radius 2 is 2.19 bits per heavy atom. The molecule has 1 aromatic carbocycles. The first-order chi connectivity index (χ1) is 9.69. The van der Waals surface area contributed by atoms with Crippen LogP contribution in [0.25, 0.3) is 0 Å². The van der Waals surface area contributed by atoms with Gasteiger partial charge in [-0.1, -0.05) is 28.9 Å². The van der Waals surface area contributed by atoms with E-state index in [4.69, 9.17) is 0 Å². The fourth-order valence-electron chi connectivity index (χ4n) is 1.99. The summed E-state index contributed by atoms with van der Waals surface area (Å²) in [4.78, 5) is 12.3. The summed E-state index contributed by atoms with van der Waals surface area (Å²) >= 11 is 3.14. The minimum absolute atomic E-state index is 0.00755. The molecule has 1 atom stereocenters. The molecule has 114 valence electrons. The van der Waals surface area contributed by atoms with Crippen molar-refractivity contribution in [2.45, 2.75) is 31.7 Å². The smallest absolute Gasteiger partial charge is 0.362 e. The van der Waals surface area contributed by atoms with Crippen molar-refractivity contribution < 1.29 is 23.1 Å². The lowest BCUT2D eigenvalue weighted by atomic mass is 10.0. The number of rotatable bonds is 2. The molecule has 0 spiro atoms. The quantitative estimate of drug-likeness (QED) is 0.875. The van der Waals surface area contributed by atoms with Crippen LogP contribution < -0.4 is 0 Å². The lowest BCUT2D eigenvalue weighted by Crippen LogP contribution is -2.56. The minimum Gasteiger partial charge on any atom is -0.362 e. The molecule has 0 radical (unpaired) electrons. The van der Waals surface area contributed by atoms with E-state index in [0.29, 0.717) is 4.47 Å². The fourth-order valence-corrected chi connectivity index (χ4v) is 2.39. The summed E-state index contributed by atoms with van der Waals surface area (Å²) in [5.41, 5.74) is -3.16. The van der Waals surface area contributed by atoms with Crippen LogP contribution in [-0.2, 0) is 0 Å². The highest BCUT2D eigenvalue weighted by Gasteiger charge is 2.63. The predicted molar refractivity (Wildman–Crippen MR) is 73.7 cm³/mol. The molecule has 1 heterocycles. The van der Waals surface area contributed by atoms with Crippen LogP contribution in [0, 0.1) is 0 Å². The Hall–Kier alpha value is -1.41. The molecule has 0 fully saturated rings. The summed E-state index contributed by atoms with van der Waals surface area (Å²) in [6.45, 7) is 1.61. The summed E-state index contributed by atoms with van der Waals surface area (Å²) in [6.07, 6.45) is -5.50. The van der Waals surface area contributed by atoms with Crippen molar-refractivity contribution in [3.8, 4) is 0 Å². The van der Waals surface area contributed by atoms with Gasteiger partial charge in [-0.2, -0.15) is 23.3 Å². The summed E-state index contributed by atoms with van der Waals surface area (Å²) in [5.74, 6) is -1.00. The number of hydrazone groups is 1. The summed E-state index contributed by atoms with van der Waals surface area (Å²) in [7, 11) is 0. The third kappa shape index (κ3) is 2.82. The molecule has 0 saturated carbocycles. The average Bonchev–Trinajstić information content (AvgIpc) is 2.76. The molecule has 1 amide bonds. The third-order valence-electron chi connectivity index (χ3n) is 3.17. The van der Waals surface area contributed by atoms with Gasteiger partial charge in [-0.25, -0.2) is 0 Å². The molecule has 0 bridgehead atoms. The van der Waals surface area contributed by atoms with Gasteiger partial charge in [-0.3, -0.25) is 4.79 Å². The zero-order valence-corrected chi connectivity index (χ0v) is 12.6. The molecule has 21 heavy (non-hydrogen) atoms. The Balaban J connectivity index is 2.43. The number of carbonyl (C=O) groups excluding carboxylic acids is 1. The number of aliphatic hydroxyl groups is 1. The number of benzene rings is 1. The van der Waals surface area contributed by atoms with E-state index in [1.165, 1.54) is 18.2 Å². The van der Waals surface area contributed by atoms with E-state index < -0.39 is 24.2 Å². The monoisotopic (exact) mass is 364 g/mol. The summed E-state index contributed by atoms with van der Waals surface area (Å²) in [6, 6.07) is 5.89. The highest BCUT2D eigenvalue weighted by molar-refractivity contribution is 9.10. The topological polar surface area (TPSA) is 52.9 Å². The first-order valence-corrected chi connectivity index (χ1v) is 6.94. The molecule has 4 nitrogen and oxygen atoms in total. The van der Waals surface area contributed by atoms with Crippen molar-refractivity contribution in [1.82, 2.24) is 5.01 Å². The molecule has 0 unspecified atom stereocenters. The van der Waals surface area contributed by atoms with Crippen molar-refractivity contribution in [1.29, 1.82) is 0 Å². The van der Waals surface area contributed by atoms with Crippen molar-refractivity contribution in [3.63, 3.8) is 0 Å². The molecular weight excluding hydrogens is 353 g/mol. The maximum Gasteiger partial charge on any atom is 0.438 e. The Morgan fingerprint density at radius 3 is 2.71 bits per heavy atom. The Kier molecular flexibility index (Phi) is 4.12. The number of hydrogen-bond donors (Lipinski definition) is 1. The zero-order valence-electron chi connectivity index (χ0n) is 11.0. The van der Waals surface area contributed by atoms with Crippen LogP contribution in [-0.4, -0.2) is 33.6 Å². The molecule has 1 aromatic rings. The van der Waals surface area contributed by atoms with Gasteiger partial charge in [0.05, 0.1) is 0 Å². The van der Waals surface area contributed by atoms with Crippen molar-refractivity contribution in [2.24, 2.45) is 5.10 Å². The second-order valence-corrected chi connectivity index (χ2v) is 5.55. The zero-order chi connectivity index (χ0) is 15.8. The second kappa shape index (κ2) is 5.42. The first-order valence-electron chi connectivity index (χ1n) is 6.14. The lowest BCUT2D eigenvalue weighted by molar-refractivity contribution is -0.297.